The summed E-state index contributed by atoms with van der Waals surface area (Å²) in [5.74, 6) is -0.703. The Labute approximate surface area is 108 Å². The lowest BCUT2D eigenvalue weighted by molar-refractivity contribution is 0.477. The fourth-order valence-electron chi connectivity index (χ4n) is 1.47. The summed E-state index contributed by atoms with van der Waals surface area (Å²) in [4.78, 5) is -0.271. The van der Waals surface area contributed by atoms with E-state index in [1.54, 1.807) is 13.0 Å². The molecule has 0 atom stereocenters. The molecule has 102 valence electrons. The Morgan fingerprint density at radius 3 is 2.50 bits per heavy atom. The summed E-state index contributed by atoms with van der Waals surface area (Å²) in [5, 5.41) is 3.06. The molecular formula is C12H19FN2O2S. The van der Waals surface area contributed by atoms with Crippen molar-refractivity contribution in [3.8, 4) is 0 Å². The third kappa shape index (κ3) is 3.28. The Bertz CT molecular complexity index is 503. The average molecular weight is 274 g/mol. The Hall–Kier alpha value is -0.980. The molecule has 0 aliphatic heterocycles. The molecule has 0 heterocycles. The van der Waals surface area contributed by atoms with Gasteiger partial charge in [-0.1, -0.05) is 19.9 Å². The van der Waals surface area contributed by atoms with E-state index in [9.17, 15) is 12.8 Å². The molecule has 0 fully saturated rings. The third-order valence-electron chi connectivity index (χ3n) is 2.71. The minimum atomic E-state index is -3.72. The smallest absolute Gasteiger partial charge is 0.245 e. The van der Waals surface area contributed by atoms with Crippen molar-refractivity contribution < 1.29 is 12.8 Å². The number of benzene rings is 1. The van der Waals surface area contributed by atoms with Gasteiger partial charge in [0.05, 0.1) is 0 Å². The molecule has 1 aromatic rings. The van der Waals surface area contributed by atoms with Gasteiger partial charge in [0.2, 0.25) is 10.0 Å². The molecule has 0 aromatic heterocycles. The van der Waals surface area contributed by atoms with Crippen LogP contribution in [-0.4, -0.2) is 32.9 Å². The Kier molecular flexibility index (Phi) is 5.25. The van der Waals surface area contributed by atoms with Crippen molar-refractivity contribution in [1.82, 2.24) is 9.62 Å². The topological polar surface area (TPSA) is 49.4 Å². The van der Waals surface area contributed by atoms with Crippen molar-refractivity contribution in [3.05, 3.63) is 29.6 Å². The van der Waals surface area contributed by atoms with Crippen LogP contribution in [0.5, 0.6) is 0 Å². The molecule has 0 spiro atoms. The molecule has 0 bridgehead atoms. The molecular weight excluding hydrogens is 255 g/mol. The number of hydrogen-bond acceptors (Lipinski definition) is 3. The lowest BCUT2D eigenvalue weighted by Gasteiger charge is -2.15. The number of nitrogens with zero attached hydrogens (tertiary/aromatic N) is 1. The first-order chi connectivity index (χ1) is 8.43. The van der Waals surface area contributed by atoms with E-state index in [1.165, 1.54) is 19.2 Å². The minimum Gasteiger partial charge on any atom is -0.313 e. The molecule has 1 N–H and O–H groups in total. The number of sulfonamides is 1. The number of halogens is 1. The van der Waals surface area contributed by atoms with Gasteiger partial charge in [-0.05, 0) is 24.2 Å². The van der Waals surface area contributed by atoms with Crippen molar-refractivity contribution in [2.75, 3.05) is 20.1 Å². The van der Waals surface area contributed by atoms with Gasteiger partial charge in [-0.3, -0.25) is 0 Å². The van der Waals surface area contributed by atoms with Gasteiger partial charge in [0.1, 0.15) is 10.7 Å². The van der Waals surface area contributed by atoms with Crippen molar-refractivity contribution in [3.63, 3.8) is 0 Å². The van der Waals surface area contributed by atoms with E-state index in [1.807, 2.05) is 6.92 Å². The summed E-state index contributed by atoms with van der Waals surface area (Å²) in [6.45, 7) is 5.26. The molecule has 0 saturated carbocycles. The molecule has 0 aliphatic rings. The number of hydrogen-bond donors (Lipinski definition) is 1. The zero-order chi connectivity index (χ0) is 13.8. The van der Waals surface area contributed by atoms with Crippen LogP contribution in [0.15, 0.2) is 23.1 Å². The highest BCUT2D eigenvalue weighted by atomic mass is 32.2. The van der Waals surface area contributed by atoms with Gasteiger partial charge in [0, 0.05) is 20.1 Å². The monoisotopic (exact) mass is 274 g/mol. The first-order valence-electron chi connectivity index (χ1n) is 5.89. The molecule has 1 aromatic carbocycles. The maximum Gasteiger partial charge on any atom is 0.245 e. The van der Waals surface area contributed by atoms with E-state index in [0.29, 0.717) is 13.1 Å². The van der Waals surface area contributed by atoms with Crippen LogP contribution in [0.1, 0.15) is 19.4 Å². The molecule has 0 radical (unpaired) electrons. The third-order valence-corrected chi connectivity index (χ3v) is 4.67. The van der Waals surface area contributed by atoms with Gasteiger partial charge >= 0.3 is 0 Å². The van der Waals surface area contributed by atoms with E-state index in [4.69, 9.17) is 0 Å². The molecule has 0 aliphatic carbocycles. The predicted molar refractivity (Wildman–Crippen MR) is 69.3 cm³/mol. The van der Waals surface area contributed by atoms with Gasteiger partial charge in [0.25, 0.3) is 0 Å². The highest BCUT2D eigenvalue weighted by Gasteiger charge is 2.23. The molecule has 0 amide bonds. The molecule has 0 saturated heterocycles. The maximum atomic E-state index is 13.8. The van der Waals surface area contributed by atoms with Gasteiger partial charge in [-0.15, -0.1) is 0 Å². The highest BCUT2D eigenvalue weighted by molar-refractivity contribution is 7.89. The standard InChI is InChI=1S/C12H19FN2O2S/c1-4-14-9-10-6-7-12(11(13)8-10)18(16,17)15(3)5-2/h6-8,14H,4-5,9H2,1-3H3. The lowest BCUT2D eigenvalue weighted by atomic mass is 10.2. The fraction of sp³-hybridized carbons (Fsp3) is 0.500. The summed E-state index contributed by atoms with van der Waals surface area (Å²) < 4.78 is 38.9. The van der Waals surface area contributed by atoms with Crippen LogP contribution in [-0.2, 0) is 16.6 Å². The van der Waals surface area contributed by atoms with Crippen molar-refractivity contribution in [1.29, 1.82) is 0 Å². The van der Waals surface area contributed by atoms with Crippen LogP contribution >= 0.6 is 0 Å². The average Bonchev–Trinajstić information content (AvgIpc) is 2.34. The first kappa shape index (κ1) is 15.1. The largest absolute Gasteiger partial charge is 0.313 e. The highest BCUT2D eigenvalue weighted by Crippen LogP contribution is 2.19. The first-order valence-corrected chi connectivity index (χ1v) is 7.33. The van der Waals surface area contributed by atoms with Gasteiger partial charge in [0.15, 0.2) is 0 Å². The summed E-state index contributed by atoms with van der Waals surface area (Å²) >= 11 is 0. The Morgan fingerprint density at radius 2 is 2.00 bits per heavy atom. The Balaban J connectivity index is 3.06. The summed E-state index contributed by atoms with van der Waals surface area (Å²) in [6.07, 6.45) is 0. The van der Waals surface area contributed by atoms with Crippen LogP contribution in [0.25, 0.3) is 0 Å². The van der Waals surface area contributed by atoms with E-state index in [0.717, 1.165) is 16.4 Å². The Morgan fingerprint density at radius 1 is 1.33 bits per heavy atom. The summed E-state index contributed by atoms with van der Waals surface area (Å²) in [7, 11) is -2.29. The van der Waals surface area contributed by atoms with E-state index < -0.39 is 15.8 Å². The van der Waals surface area contributed by atoms with Crippen molar-refractivity contribution >= 4 is 10.0 Å². The van der Waals surface area contributed by atoms with Crippen molar-refractivity contribution in [2.45, 2.75) is 25.3 Å². The normalized spacial score (nSPS) is 12.1. The fourth-order valence-corrected chi connectivity index (χ4v) is 2.69. The molecule has 1 rings (SSSR count). The van der Waals surface area contributed by atoms with Crippen LogP contribution in [0.4, 0.5) is 4.39 Å². The zero-order valence-corrected chi connectivity index (χ0v) is 11.7. The quantitative estimate of drug-likeness (QED) is 0.856. The number of nitrogens with one attached hydrogen (secondary N) is 1. The number of rotatable bonds is 6. The SMILES string of the molecule is CCNCc1ccc(S(=O)(=O)N(C)CC)c(F)c1. The second-order valence-corrected chi connectivity index (χ2v) is 5.98. The van der Waals surface area contributed by atoms with Gasteiger partial charge in [-0.2, -0.15) is 0 Å². The minimum absolute atomic E-state index is 0.271. The second kappa shape index (κ2) is 6.26. The lowest BCUT2D eigenvalue weighted by Crippen LogP contribution is -2.27. The predicted octanol–water partition coefficient (Wildman–Crippen LogP) is 1.58. The van der Waals surface area contributed by atoms with E-state index >= 15 is 0 Å². The van der Waals surface area contributed by atoms with E-state index in [-0.39, 0.29) is 4.90 Å². The second-order valence-electron chi connectivity index (χ2n) is 3.96. The molecule has 4 nitrogen and oxygen atoms in total. The maximum absolute atomic E-state index is 13.8. The van der Waals surface area contributed by atoms with Crippen LogP contribution in [0.3, 0.4) is 0 Å². The summed E-state index contributed by atoms with van der Waals surface area (Å²) in [6, 6.07) is 4.21. The van der Waals surface area contributed by atoms with Crippen LogP contribution in [0.2, 0.25) is 0 Å². The summed E-state index contributed by atoms with van der Waals surface area (Å²) in [5.41, 5.74) is 0.729. The molecule has 6 heteroatoms. The van der Waals surface area contributed by atoms with E-state index in [2.05, 4.69) is 5.32 Å². The van der Waals surface area contributed by atoms with Gasteiger partial charge in [-0.25, -0.2) is 17.1 Å². The van der Waals surface area contributed by atoms with Crippen LogP contribution in [0, 0.1) is 5.82 Å². The zero-order valence-electron chi connectivity index (χ0n) is 10.9. The molecule has 0 unspecified atom stereocenters. The molecule has 18 heavy (non-hydrogen) atoms. The van der Waals surface area contributed by atoms with Crippen LogP contribution < -0.4 is 5.32 Å². The van der Waals surface area contributed by atoms with Crippen molar-refractivity contribution in [2.24, 2.45) is 0 Å². The van der Waals surface area contributed by atoms with Gasteiger partial charge < -0.3 is 5.32 Å².